The molecule has 0 aromatic heterocycles. The maximum Gasteiger partial charge on any atom is 0.230 e. The Labute approximate surface area is 159 Å². The number of aryl methyl sites for hydroxylation is 2. The van der Waals surface area contributed by atoms with Gasteiger partial charge in [0, 0.05) is 11.4 Å². The predicted octanol–water partition coefficient (Wildman–Crippen LogP) is 3.99. The molecule has 3 rings (SSSR count). The van der Waals surface area contributed by atoms with Crippen LogP contribution in [0.5, 0.6) is 11.5 Å². The lowest BCUT2D eigenvalue weighted by molar-refractivity contribution is -0.118. The van der Waals surface area contributed by atoms with E-state index in [0.29, 0.717) is 24.7 Å². The Balaban J connectivity index is 1.49. The third kappa shape index (κ3) is 4.73. The molecule has 0 saturated carbocycles. The van der Waals surface area contributed by atoms with Gasteiger partial charge in [-0.1, -0.05) is 12.1 Å². The third-order valence-corrected chi connectivity index (χ3v) is 5.45. The minimum atomic E-state index is 0.0309. The van der Waals surface area contributed by atoms with Crippen LogP contribution in [0.2, 0.25) is 0 Å². The van der Waals surface area contributed by atoms with Crippen LogP contribution >= 0.6 is 11.8 Å². The van der Waals surface area contributed by atoms with Crippen LogP contribution in [-0.2, 0) is 24.2 Å². The van der Waals surface area contributed by atoms with Gasteiger partial charge in [-0.05, 0) is 67.1 Å². The molecule has 0 radical (unpaired) electrons. The molecule has 0 saturated heterocycles. The number of amides is 1. The number of benzene rings is 2. The highest BCUT2D eigenvalue weighted by Gasteiger charge is 2.12. The van der Waals surface area contributed by atoms with Crippen molar-refractivity contribution in [2.24, 2.45) is 0 Å². The summed E-state index contributed by atoms with van der Waals surface area (Å²) < 4.78 is 10.9. The minimum Gasteiger partial charge on any atom is -0.493 e. The Bertz CT molecular complexity index is 776. The number of ether oxygens (including phenoxy) is 2. The van der Waals surface area contributed by atoms with E-state index in [1.54, 1.807) is 18.9 Å². The van der Waals surface area contributed by atoms with Crippen LogP contribution in [0.4, 0.5) is 0 Å². The first-order valence-electron chi connectivity index (χ1n) is 9.00. The van der Waals surface area contributed by atoms with Crippen LogP contribution in [0, 0.1) is 0 Å². The summed E-state index contributed by atoms with van der Waals surface area (Å²) in [4.78, 5) is 13.3. The molecule has 0 aliphatic heterocycles. The largest absolute Gasteiger partial charge is 0.493 e. The average Bonchev–Trinajstić information content (AvgIpc) is 3.13. The predicted molar refractivity (Wildman–Crippen MR) is 105 cm³/mol. The smallest absolute Gasteiger partial charge is 0.230 e. The van der Waals surface area contributed by atoms with Crippen LogP contribution in [0.1, 0.15) is 30.0 Å². The van der Waals surface area contributed by atoms with E-state index in [9.17, 15) is 4.79 Å². The van der Waals surface area contributed by atoms with Crippen LogP contribution in [-0.4, -0.2) is 25.4 Å². The first-order valence-corrected chi connectivity index (χ1v) is 9.99. The van der Waals surface area contributed by atoms with Gasteiger partial charge in [0.1, 0.15) is 0 Å². The topological polar surface area (TPSA) is 47.6 Å². The number of carbonyl (C=O) groups is 1. The standard InChI is InChI=1S/C21H25NO3S/c1-3-25-19-10-7-15(11-20(19)24-2)13-22-21(23)14-26-18-9-8-16-5-4-6-17(16)12-18/h7-12H,3-6,13-14H2,1-2H3,(H,22,23). The van der Waals surface area contributed by atoms with Crippen molar-refractivity contribution in [2.45, 2.75) is 37.6 Å². The van der Waals surface area contributed by atoms with Gasteiger partial charge in [-0.15, -0.1) is 11.8 Å². The van der Waals surface area contributed by atoms with Gasteiger partial charge in [0.2, 0.25) is 5.91 Å². The molecule has 26 heavy (non-hydrogen) atoms. The Kier molecular flexibility index (Phi) is 6.45. The summed E-state index contributed by atoms with van der Waals surface area (Å²) in [6.07, 6.45) is 3.59. The molecule has 1 amide bonds. The van der Waals surface area contributed by atoms with Crippen molar-refractivity contribution in [3.63, 3.8) is 0 Å². The van der Waals surface area contributed by atoms with Crippen LogP contribution in [0.25, 0.3) is 0 Å². The second-order valence-electron chi connectivity index (χ2n) is 6.27. The van der Waals surface area contributed by atoms with E-state index in [2.05, 4.69) is 23.5 Å². The van der Waals surface area contributed by atoms with Crippen LogP contribution < -0.4 is 14.8 Å². The summed E-state index contributed by atoms with van der Waals surface area (Å²) in [5.74, 6) is 1.86. The Morgan fingerprint density at radius 2 is 1.96 bits per heavy atom. The summed E-state index contributed by atoms with van der Waals surface area (Å²) >= 11 is 1.59. The lowest BCUT2D eigenvalue weighted by Gasteiger charge is -2.11. The highest BCUT2D eigenvalue weighted by atomic mass is 32.2. The number of thioether (sulfide) groups is 1. The van der Waals surface area contributed by atoms with E-state index in [-0.39, 0.29) is 5.91 Å². The zero-order valence-corrected chi connectivity index (χ0v) is 16.2. The second kappa shape index (κ2) is 8.99. The number of hydrogen-bond donors (Lipinski definition) is 1. The summed E-state index contributed by atoms with van der Waals surface area (Å²) in [7, 11) is 1.62. The molecule has 0 atom stereocenters. The van der Waals surface area contributed by atoms with Gasteiger partial charge < -0.3 is 14.8 Å². The number of fused-ring (bicyclic) bond motifs is 1. The van der Waals surface area contributed by atoms with Crippen molar-refractivity contribution >= 4 is 17.7 Å². The summed E-state index contributed by atoms with van der Waals surface area (Å²) in [5, 5.41) is 2.97. The molecule has 2 aromatic rings. The number of hydrogen-bond acceptors (Lipinski definition) is 4. The fourth-order valence-corrected chi connectivity index (χ4v) is 3.92. The fourth-order valence-electron chi connectivity index (χ4n) is 3.14. The maximum atomic E-state index is 12.2. The average molecular weight is 372 g/mol. The van der Waals surface area contributed by atoms with Gasteiger partial charge in [-0.25, -0.2) is 0 Å². The van der Waals surface area contributed by atoms with Crippen molar-refractivity contribution < 1.29 is 14.3 Å². The normalized spacial score (nSPS) is 12.5. The number of rotatable bonds is 8. The molecule has 1 N–H and O–H groups in total. The lowest BCUT2D eigenvalue weighted by Crippen LogP contribution is -2.24. The molecule has 138 valence electrons. The molecule has 0 unspecified atom stereocenters. The van der Waals surface area contributed by atoms with Gasteiger partial charge >= 0.3 is 0 Å². The molecule has 5 heteroatoms. The van der Waals surface area contributed by atoms with E-state index < -0.39 is 0 Å². The van der Waals surface area contributed by atoms with E-state index in [1.165, 1.54) is 28.9 Å². The number of methoxy groups -OCH3 is 1. The maximum absolute atomic E-state index is 12.2. The van der Waals surface area contributed by atoms with Gasteiger partial charge in [0.15, 0.2) is 11.5 Å². The second-order valence-corrected chi connectivity index (χ2v) is 7.32. The zero-order valence-electron chi connectivity index (χ0n) is 15.3. The molecule has 0 fully saturated rings. The Morgan fingerprint density at radius 1 is 1.12 bits per heavy atom. The summed E-state index contributed by atoms with van der Waals surface area (Å²) in [6, 6.07) is 12.3. The highest BCUT2D eigenvalue weighted by molar-refractivity contribution is 8.00. The third-order valence-electron chi connectivity index (χ3n) is 4.46. The number of nitrogens with one attached hydrogen (secondary N) is 1. The first kappa shape index (κ1) is 18.6. The molecular formula is C21H25NO3S. The molecule has 0 heterocycles. The first-order chi connectivity index (χ1) is 12.7. The summed E-state index contributed by atoms with van der Waals surface area (Å²) in [6.45, 7) is 3.00. The Hall–Kier alpha value is -2.14. The monoisotopic (exact) mass is 371 g/mol. The summed E-state index contributed by atoms with van der Waals surface area (Å²) in [5.41, 5.74) is 3.89. The van der Waals surface area contributed by atoms with Gasteiger partial charge in [-0.2, -0.15) is 0 Å². The molecular weight excluding hydrogens is 346 g/mol. The van der Waals surface area contributed by atoms with Crippen molar-refractivity contribution in [3.8, 4) is 11.5 Å². The van der Waals surface area contributed by atoms with Gasteiger partial charge in [0.05, 0.1) is 19.5 Å². The highest BCUT2D eigenvalue weighted by Crippen LogP contribution is 2.29. The minimum absolute atomic E-state index is 0.0309. The van der Waals surface area contributed by atoms with Crippen molar-refractivity contribution in [1.29, 1.82) is 0 Å². The van der Waals surface area contributed by atoms with E-state index in [4.69, 9.17) is 9.47 Å². The molecule has 1 aliphatic carbocycles. The van der Waals surface area contributed by atoms with E-state index >= 15 is 0 Å². The van der Waals surface area contributed by atoms with Crippen molar-refractivity contribution in [2.75, 3.05) is 19.5 Å². The van der Waals surface area contributed by atoms with E-state index in [1.807, 2.05) is 25.1 Å². The SMILES string of the molecule is CCOc1ccc(CNC(=O)CSc2ccc3c(c2)CCC3)cc1OC. The lowest BCUT2D eigenvalue weighted by atomic mass is 10.1. The Morgan fingerprint density at radius 3 is 2.77 bits per heavy atom. The molecule has 4 nitrogen and oxygen atoms in total. The molecule has 2 aromatic carbocycles. The van der Waals surface area contributed by atoms with Gasteiger partial charge in [-0.3, -0.25) is 4.79 Å². The van der Waals surface area contributed by atoms with Gasteiger partial charge in [0.25, 0.3) is 0 Å². The molecule has 0 bridgehead atoms. The molecule has 0 spiro atoms. The van der Waals surface area contributed by atoms with Crippen molar-refractivity contribution in [1.82, 2.24) is 5.32 Å². The zero-order chi connectivity index (χ0) is 18.4. The van der Waals surface area contributed by atoms with Crippen LogP contribution in [0.15, 0.2) is 41.3 Å². The number of carbonyl (C=O) groups excluding carboxylic acids is 1. The van der Waals surface area contributed by atoms with Crippen LogP contribution in [0.3, 0.4) is 0 Å². The quantitative estimate of drug-likeness (QED) is 0.713. The molecule has 1 aliphatic rings. The van der Waals surface area contributed by atoms with Crippen molar-refractivity contribution in [3.05, 3.63) is 53.1 Å². The fraction of sp³-hybridized carbons (Fsp3) is 0.381. The van der Waals surface area contributed by atoms with E-state index in [0.717, 1.165) is 17.7 Å².